The second-order valence-corrected chi connectivity index (χ2v) is 3.39. The van der Waals surface area contributed by atoms with Crippen molar-refractivity contribution in [3.8, 4) is 0 Å². The van der Waals surface area contributed by atoms with Gasteiger partial charge in [0.15, 0.2) is 0 Å². The Morgan fingerprint density at radius 2 is 2.23 bits per heavy atom. The number of hydrogen-bond donors (Lipinski definition) is 0. The summed E-state index contributed by atoms with van der Waals surface area (Å²) >= 11 is 0. The van der Waals surface area contributed by atoms with E-state index >= 15 is 0 Å². The van der Waals surface area contributed by atoms with E-state index in [9.17, 15) is 0 Å². The molecule has 13 heavy (non-hydrogen) atoms. The number of rotatable bonds is 2. The average Bonchev–Trinajstić information content (AvgIpc) is 2.71. The molecule has 2 atom stereocenters. The van der Waals surface area contributed by atoms with Crippen LogP contribution in [0.2, 0.25) is 0 Å². The van der Waals surface area contributed by atoms with Gasteiger partial charge in [0, 0.05) is 6.92 Å². The van der Waals surface area contributed by atoms with Gasteiger partial charge in [0.1, 0.15) is 6.10 Å². The molecule has 1 fully saturated rings. The van der Waals surface area contributed by atoms with Crippen LogP contribution in [0, 0.1) is 6.92 Å². The Hall–Kier alpha value is -0.900. The van der Waals surface area contributed by atoms with Crippen LogP contribution in [-0.4, -0.2) is 16.3 Å². The molecule has 4 nitrogen and oxygen atoms in total. The molecule has 4 heteroatoms. The van der Waals surface area contributed by atoms with E-state index in [1.165, 1.54) is 0 Å². The lowest BCUT2D eigenvalue weighted by molar-refractivity contribution is 0.0272. The first kappa shape index (κ1) is 8.69. The number of aryl methyl sites for hydroxylation is 1. The maximum atomic E-state index is 5.71. The minimum absolute atomic E-state index is 0.0335. The summed E-state index contributed by atoms with van der Waals surface area (Å²) in [5.74, 6) is 1.24. The van der Waals surface area contributed by atoms with E-state index in [4.69, 9.17) is 9.15 Å². The Labute approximate surface area is 77.3 Å². The Morgan fingerprint density at radius 3 is 2.77 bits per heavy atom. The van der Waals surface area contributed by atoms with Crippen LogP contribution in [-0.2, 0) is 4.74 Å². The van der Waals surface area contributed by atoms with E-state index in [1.807, 2.05) is 0 Å². The predicted octanol–water partition coefficient (Wildman–Crippen LogP) is 2.01. The van der Waals surface area contributed by atoms with Crippen LogP contribution in [0.15, 0.2) is 4.42 Å². The topological polar surface area (TPSA) is 48.2 Å². The fraction of sp³-hybridized carbons (Fsp3) is 0.778. The Bertz CT molecular complexity index is 285. The molecule has 1 aromatic heterocycles. The lowest BCUT2D eigenvalue weighted by Gasteiger charge is -2.07. The number of aromatic nitrogens is 2. The van der Waals surface area contributed by atoms with E-state index in [0.717, 1.165) is 19.3 Å². The van der Waals surface area contributed by atoms with E-state index in [-0.39, 0.29) is 6.10 Å². The molecule has 0 saturated carbocycles. The lowest BCUT2D eigenvalue weighted by atomic mass is 10.1. The molecule has 0 bridgehead atoms. The lowest BCUT2D eigenvalue weighted by Crippen LogP contribution is -2.04. The van der Waals surface area contributed by atoms with Crippen LogP contribution in [0.3, 0.4) is 0 Å². The third-order valence-electron chi connectivity index (χ3n) is 2.38. The van der Waals surface area contributed by atoms with Gasteiger partial charge in [-0.05, 0) is 19.3 Å². The third-order valence-corrected chi connectivity index (χ3v) is 2.38. The number of ether oxygens (including phenoxy) is 1. The minimum Gasteiger partial charge on any atom is -0.423 e. The van der Waals surface area contributed by atoms with Crippen LogP contribution in [0.5, 0.6) is 0 Å². The molecular formula is C9H14N2O2. The van der Waals surface area contributed by atoms with Crippen molar-refractivity contribution in [2.24, 2.45) is 0 Å². The van der Waals surface area contributed by atoms with E-state index < -0.39 is 0 Å². The predicted molar refractivity (Wildman–Crippen MR) is 46.2 cm³/mol. The smallest absolute Gasteiger partial charge is 0.245 e. The van der Waals surface area contributed by atoms with Crippen LogP contribution in [0.4, 0.5) is 0 Å². The highest BCUT2D eigenvalue weighted by atomic mass is 16.5. The summed E-state index contributed by atoms with van der Waals surface area (Å²) in [4.78, 5) is 0. The quantitative estimate of drug-likeness (QED) is 0.702. The first-order valence-corrected chi connectivity index (χ1v) is 4.75. The maximum absolute atomic E-state index is 5.71. The van der Waals surface area contributed by atoms with Gasteiger partial charge in [0.05, 0.1) is 6.10 Å². The average molecular weight is 182 g/mol. The monoisotopic (exact) mass is 182 g/mol. The second-order valence-electron chi connectivity index (χ2n) is 3.39. The fourth-order valence-corrected chi connectivity index (χ4v) is 1.63. The van der Waals surface area contributed by atoms with Crippen molar-refractivity contribution in [2.75, 3.05) is 0 Å². The van der Waals surface area contributed by atoms with Gasteiger partial charge in [-0.15, -0.1) is 10.2 Å². The molecule has 72 valence electrons. The van der Waals surface area contributed by atoms with Crippen LogP contribution in [0.25, 0.3) is 0 Å². The molecule has 0 N–H and O–H groups in total. The summed E-state index contributed by atoms with van der Waals surface area (Å²) in [7, 11) is 0. The van der Waals surface area contributed by atoms with Crippen molar-refractivity contribution in [3.63, 3.8) is 0 Å². The summed E-state index contributed by atoms with van der Waals surface area (Å²) in [6.07, 6.45) is 3.56. The van der Waals surface area contributed by atoms with Crippen molar-refractivity contribution in [1.82, 2.24) is 10.2 Å². The van der Waals surface area contributed by atoms with Crippen molar-refractivity contribution < 1.29 is 9.15 Å². The standard InChI is InChI=1S/C9H14N2O2/c1-3-7-4-5-8(13-7)9-11-10-6(2)12-9/h7-8H,3-5H2,1-2H3. The third kappa shape index (κ3) is 1.72. The highest BCUT2D eigenvalue weighted by molar-refractivity contribution is 4.89. The van der Waals surface area contributed by atoms with Crippen molar-refractivity contribution in [3.05, 3.63) is 11.8 Å². The van der Waals surface area contributed by atoms with Crippen molar-refractivity contribution >= 4 is 0 Å². The summed E-state index contributed by atoms with van der Waals surface area (Å²) in [5, 5.41) is 7.74. The Balaban J connectivity index is 2.03. The highest BCUT2D eigenvalue weighted by Crippen LogP contribution is 2.32. The first-order chi connectivity index (χ1) is 6.29. The van der Waals surface area contributed by atoms with Gasteiger partial charge >= 0.3 is 0 Å². The molecule has 1 aliphatic heterocycles. The molecule has 0 amide bonds. The minimum atomic E-state index is 0.0335. The molecule has 0 spiro atoms. The number of hydrogen-bond acceptors (Lipinski definition) is 4. The van der Waals surface area contributed by atoms with Gasteiger partial charge in [-0.3, -0.25) is 0 Å². The normalized spacial score (nSPS) is 28.2. The summed E-state index contributed by atoms with van der Waals surface area (Å²) in [5.41, 5.74) is 0. The molecule has 1 aromatic rings. The van der Waals surface area contributed by atoms with E-state index in [0.29, 0.717) is 17.9 Å². The zero-order chi connectivity index (χ0) is 9.26. The molecule has 0 aliphatic carbocycles. The Morgan fingerprint density at radius 1 is 1.38 bits per heavy atom. The van der Waals surface area contributed by atoms with E-state index in [2.05, 4.69) is 17.1 Å². The van der Waals surface area contributed by atoms with Crippen LogP contribution in [0.1, 0.15) is 44.1 Å². The Kier molecular flexibility index (Phi) is 2.31. The van der Waals surface area contributed by atoms with E-state index in [1.54, 1.807) is 6.92 Å². The SMILES string of the molecule is CCC1CCC(c2nnc(C)o2)O1. The van der Waals surface area contributed by atoms with Crippen LogP contribution >= 0.6 is 0 Å². The summed E-state index contributed by atoms with van der Waals surface area (Å²) in [6, 6.07) is 0. The highest BCUT2D eigenvalue weighted by Gasteiger charge is 2.28. The molecule has 1 aliphatic rings. The van der Waals surface area contributed by atoms with Gasteiger partial charge in [0.25, 0.3) is 0 Å². The van der Waals surface area contributed by atoms with Gasteiger partial charge in [0.2, 0.25) is 11.8 Å². The molecular weight excluding hydrogens is 168 g/mol. The second kappa shape index (κ2) is 3.46. The molecule has 2 unspecified atom stereocenters. The van der Waals surface area contributed by atoms with Gasteiger partial charge < -0.3 is 9.15 Å². The number of nitrogens with zero attached hydrogens (tertiary/aromatic N) is 2. The summed E-state index contributed by atoms with van der Waals surface area (Å²) < 4.78 is 11.0. The van der Waals surface area contributed by atoms with Gasteiger partial charge in [-0.25, -0.2) is 0 Å². The fourth-order valence-electron chi connectivity index (χ4n) is 1.63. The van der Waals surface area contributed by atoms with Crippen molar-refractivity contribution in [1.29, 1.82) is 0 Å². The molecule has 0 radical (unpaired) electrons. The molecule has 1 saturated heterocycles. The first-order valence-electron chi connectivity index (χ1n) is 4.75. The zero-order valence-corrected chi connectivity index (χ0v) is 7.99. The molecule has 0 aromatic carbocycles. The maximum Gasteiger partial charge on any atom is 0.245 e. The summed E-state index contributed by atoms with van der Waals surface area (Å²) in [6.45, 7) is 3.93. The van der Waals surface area contributed by atoms with Crippen molar-refractivity contribution in [2.45, 2.75) is 45.3 Å². The van der Waals surface area contributed by atoms with Crippen LogP contribution < -0.4 is 0 Å². The van der Waals surface area contributed by atoms with Gasteiger partial charge in [-0.1, -0.05) is 6.92 Å². The molecule has 2 heterocycles. The molecule has 2 rings (SSSR count). The van der Waals surface area contributed by atoms with Gasteiger partial charge in [-0.2, -0.15) is 0 Å². The largest absolute Gasteiger partial charge is 0.423 e. The zero-order valence-electron chi connectivity index (χ0n) is 7.99.